The van der Waals surface area contributed by atoms with Gasteiger partial charge in [0.2, 0.25) is 59.1 Å². The predicted octanol–water partition coefficient (Wildman–Crippen LogP) is -2.69. The van der Waals surface area contributed by atoms with Gasteiger partial charge in [-0.05, 0) is 71.0 Å². The van der Waals surface area contributed by atoms with Crippen molar-refractivity contribution in [1.29, 1.82) is 0 Å². The third kappa shape index (κ3) is 20.3. The van der Waals surface area contributed by atoms with E-state index in [1.807, 2.05) is 6.92 Å². The van der Waals surface area contributed by atoms with Crippen LogP contribution in [0.5, 0.6) is 0 Å². The zero-order valence-electron chi connectivity index (χ0n) is 42.8. The van der Waals surface area contributed by atoms with Crippen LogP contribution in [0.2, 0.25) is 0 Å². The van der Waals surface area contributed by atoms with Crippen molar-refractivity contribution in [3.8, 4) is 0 Å². The summed E-state index contributed by atoms with van der Waals surface area (Å²) >= 11 is 1.22. The minimum absolute atomic E-state index is 0.0836. The lowest BCUT2D eigenvalue weighted by Gasteiger charge is -2.35. The van der Waals surface area contributed by atoms with Gasteiger partial charge in [0.25, 0.3) is 0 Å². The molecule has 8 atom stereocenters. The number of rotatable bonds is 30. The summed E-state index contributed by atoms with van der Waals surface area (Å²) in [6, 6.07) is -8.40. The molecule has 10 amide bonds. The number of nitrogens with zero attached hydrogens (tertiary/aromatic N) is 3. The second-order valence-corrected chi connectivity index (χ2v) is 19.7. The molecule has 1 aliphatic rings. The number of nitrogens with one attached hydrogen (secondary N) is 8. The van der Waals surface area contributed by atoms with E-state index in [-0.39, 0.29) is 43.7 Å². The zero-order chi connectivity index (χ0) is 53.5. The zero-order valence-corrected chi connectivity index (χ0v) is 43.6. The average Bonchev–Trinajstić information content (AvgIpc) is 3.80. The van der Waals surface area contributed by atoms with Gasteiger partial charge >= 0.3 is 0 Å². The van der Waals surface area contributed by atoms with Crippen LogP contribution < -0.4 is 54.0 Å². The molecule has 0 aromatic carbocycles. The molecular weight excluding hydrogens is 931 g/mol. The van der Waals surface area contributed by atoms with Crippen molar-refractivity contribution in [3.05, 3.63) is 0 Å². The van der Waals surface area contributed by atoms with Crippen LogP contribution in [0.3, 0.4) is 0 Å². The number of aliphatic hydroxyl groups excluding tert-OH is 1. The van der Waals surface area contributed by atoms with Crippen molar-refractivity contribution < 1.29 is 53.1 Å². The molecule has 0 saturated carbocycles. The fourth-order valence-corrected chi connectivity index (χ4v) is 7.68. The first-order valence-electron chi connectivity index (χ1n) is 23.9. The SMILES string of the molecule is CCC[C@H](NC(=O)[C@H](CO)NC(=O)[C@H](NC(=O)[C@@H](NC(=O)CNC(=O)CN(C)C(C)=O)C(C)C)C(C)(C)SC)C(=O)N[C@H](C(=O)N[C@@H](CCCN=C(N)N)C(=O)N1CCC[C@H]1C(=O)NCC)[C@@H](C)CC. The summed E-state index contributed by atoms with van der Waals surface area (Å²) in [5.74, 6) is -7.53. The minimum Gasteiger partial charge on any atom is -0.394 e. The number of guanidine groups is 1. The maximum atomic E-state index is 14.1. The Balaban J connectivity index is 3.30. The Hall–Kier alpha value is -5.72. The Morgan fingerprint density at radius 2 is 1.39 bits per heavy atom. The Morgan fingerprint density at radius 3 is 1.93 bits per heavy atom. The number of thioether (sulfide) groups is 1. The summed E-state index contributed by atoms with van der Waals surface area (Å²) in [6.45, 7) is 14.1. The lowest BCUT2D eigenvalue weighted by molar-refractivity contribution is -0.142. The van der Waals surface area contributed by atoms with E-state index in [1.165, 1.54) is 30.6 Å². The summed E-state index contributed by atoms with van der Waals surface area (Å²) in [5, 5.41) is 31.4. The lowest BCUT2D eigenvalue weighted by Crippen LogP contribution is -2.64. The number of carbonyl (C=O) groups excluding carboxylic acids is 10. The first kappa shape index (κ1) is 62.3. The summed E-state index contributed by atoms with van der Waals surface area (Å²) < 4.78 is -1.02. The van der Waals surface area contributed by atoms with Gasteiger partial charge in [0.1, 0.15) is 42.3 Å². The molecule has 1 aliphatic heterocycles. The van der Waals surface area contributed by atoms with E-state index in [0.717, 1.165) is 4.90 Å². The quantitative estimate of drug-likeness (QED) is 0.0198. The number of nitrogens with two attached hydrogens (primary N) is 2. The second kappa shape index (κ2) is 30.8. The average molecular weight is 1010 g/mol. The van der Waals surface area contributed by atoms with E-state index in [0.29, 0.717) is 45.2 Å². The molecule has 0 spiro atoms. The van der Waals surface area contributed by atoms with Crippen LogP contribution in [-0.2, 0) is 47.9 Å². The molecule has 0 aliphatic carbocycles. The molecule has 25 heteroatoms. The van der Waals surface area contributed by atoms with Crippen LogP contribution in [0.25, 0.3) is 0 Å². The number of aliphatic hydroxyl groups is 1. The molecule has 24 nitrogen and oxygen atoms in total. The molecule has 0 radical (unpaired) electrons. The highest BCUT2D eigenvalue weighted by molar-refractivity contribution is 8.00. The highest BCUT2D eigenvalue weighted by atomic mass is 32.2. The molecule has 1 heterocycles. The molecule has 0 unspecified atom stereocenters. The van der Waals surface area contributed by atoms with Gasteiger partial charge in [0, 0.05) is 38.4 Å². The Labute approximate surface area is 416 Å². The highest BCUT2D eigenvalue weighted by Crippen LogP contribution is 2.26. The summed E-state index contributed by atoms with van der Waals surface area (Å²) in [7, 11) is 1.42. The molecule has 1 fully saturated rings. The van der Waals surface area contributed by atoms with Crippen LogP contribution >= 0.6 is 11.8 Å². The van der Waals surface area contributed by atoms with Crippen LogP contribution in [-0.4, -0.2) is 180 Å². The third-order valence-corrected chi connectivity index (χ3v) is 13.3. The monoisotopic (exact) mass is 1010 g/mol. The molecule has 1 saturated heterocycles. The first-order chi connectivity index (χ1) is 32.8. The van der Waals surface area contributed by atoms with Crippen molar-refractivity contribution in [1.82, 2.24) is 52.3 Å². The van der Waals surface area contributed by atoms with E-state index in [9.17, 15) is 53.1 Å². The van der Waals surface area contributed by atoms with Crippen molar-refractivity contribution >= 4 is 76.8 Å². The van der Waals surface area contributed by atoms with Crippen LogP contribution in [0.4, 0.5) is 0 Å². The van der Waals surface area contributed by atoms with E-state index in [1.54, 1.807) is 54.7 Å². The summed E-state index contributed by atoms with van der Waals surface area (Å²) in [6.07, 6.45) is 4.03. The van der Waals surface area contributed by atoms with Gasteiger partial charge in [-0.2, -0.15) is 11.8 Å². The second-order valence-electron chi connectivity index (χ2n) is 18.2. The molecule has 0 bridgehead atoms. The topological polar surface area (TPSA) is 358 Å². The standard InChI is InChI=1S/C45H81N13O11S/c1-12-17-28(37(63)55-35(26(6)13-2)41(67)52-29(18-15-20-49-44(46)47)43(69)58-21-16-19-31(58)39(65)48-14-3)51-38(64)30(24-59)53-42(68)36(45(8,9)70-11)56-40(66)34(25(4)5)54-32(61)22-50-33(62)23-57(10)27(7)60/h25-26,28-31,34-36,59H,12-24H2,1-11H3,(H,48,65)(H,50,62)(H,51,64)(H,52,67)(H,53,68)(H,54,61)(H,55,63)(H,56,66)(H4,46,47,49)/t26-,28-,29-,30-,31-,34-,35-,36-/m0/s1. The third-order valence-electron chi connectivity index (χ3n) is 12.0. The maximum absolute atomic E-state index is 14.1. The fraction of sp³-hybridized carbons (Fsp3) is 0.756. The first-order valence-corrected chi connectivity index (χ1v) is 25.1. The fourth-order valence-electron chi connectivity index (χ4n) is 7.28. The van der Waals surface area contributed by atoms with Crippen LogP contribution in [0.1, 0.15) is 107 Å². The van der Waals surface area contributed by atoms with Crippen LogP contribution in [0.15, 0.2) is 4.99 Å². The number of aliphatic imine (C=N–C) groups is 1. The number of amides is 10. The van der Waals surface area contributed by atoms with Crippen molar-refractivity contribution in [3.63, 3.8) is 0 Å². The van der Waals surface area contributed by atoms with Gasteiger partial charge in [-0.15, -0.1) is 0 Å². The molecular formula is C45H81N13O11S. The van der Waals surface area contributed by atoms with E-state index < -0.39 is 119 Å². The van der Waals surface area contributed by atoms with Gasteiger partial charge in [0.05, 0.1) is 19.7 Å². The number of likely N-dealkylation sites (tertiary alicyclic amines) is 1. The normalized spacial score (nSPS) is 16.4. The molecule has 398 valence electrons. The summed E-state index contributed by atoms with van der Waals surface area (Å²) in [4.78, 5) is 140. The maximum Gasteiger partial charge on any atom is 0.245 e. The van der Waals surface area contributed by atoms with Gasteiger partial charge in [0.15, 0.2) is 5.96 Å². The van der Waals surface area contributed by atoms with Crippen LogP contribution in [0, 0.1) is 11.8 Å². The Bertz CT molecular complexity index is 1850. The largest absolute Gasteiger partial charge is 0.394 e. The number of likely N-dealkylation sites (N-methyl/N-ethyl adjacent to an activating group) is 2. The predicted molar refractivity (Wildman–Crippen MR) is 265 cm³/mol. The minimum atomic E-state index is -1.61. The van der Waals surface area contributed by atoms with Crippen molar-refractivity contribution in [2.24, 2.45) is 28.3 Å². The lowest BCUT2D eigenvalue weighted by atomic mass is 9.96. The van der Waals surface area contributed by atoms with Gasteiger partial charge in [-0.3, -0.25) is 52.9 Å². The highest BCUT2D eigenvalue weighted by Gasteiger charge is 2.41. The van der Waals surface area contributed by atoms with Gasteiger partial charge in [-0.25, -0.2) is 0 Å². The van der Waals surface area contributed by atoms with Gasteiger partial charge in [-0.1, -0.05) is 47.5 Å². The number of hydrogen-bond donors (Lipinski definition) is 11. The molecule has 0 aromatic rings. The van der Waals surface area contributed by atoms with E-state index in [4.69, 9.17) is 11.5 Å². The van der Waals surface area contributed by atoms with Crippen molar-refractivity contribution in [2.45, 2.75) is 154 Å². The van der Waals surface area contributed by atoms with Gasteiger partial charge < -0.3 is 68.9 Å². The van der Waals surface area contributed by atoms with E-state index in [2.05, 4.69) is 47.5 Å². The smallest absolute Gasteiger partial charge is 0.245 e. The summed E-state index contributed by atoms with van der Waals surface area (Å²) in [5.41, 5.74) is 11.0. The number of carbonyl (C=O) groups is 10. The van der Waals surface area contributed by atoms with Crippen molar-refractivity contribution in [2.75, 3.05) is 52.6 Å². The number of hydrogen-bond acceptors (Lipinski definition) is 13. The molecule has 1 rings (SSSR count). The molecule has 0 aromatic heterocycles. The Morgan fingerprint density at radius 1 is 0.786 bits per heavy atom. The molecule has 70 heavy (non-hydrogen) atoms. The molecule has 13 N–H and O–H groups in total. The Kier molecular flexibility index (Phi) is 27.4. The van der Waals surface area contributed by atoms with E-state index >= 15 is 0 Å².